The van der Waals surface area contributed by atoms with Crippen LogP contribution in [-0.2, 0) is 6.54 Å². The number of ether oxygens (including phenoxy) is 1. The number of pyridine rings is 1. The van der Waals surface area contributed by atoms with Gasteiger partial charge < -0.3 is 14.6 Å². The molecule has 1 N–H and O–H groups in total. The van der Waals surface area contributed by atoms with Crippen LogP contribution in [-0.4, -0.2) is 21.8 Å². The second-order valence-electron chi connectivity index (χ2n) is 7.56. The van der Waals surface area contributed by atoms with Crippen LogP contribution in [0.3, 0.4) is 0 Å². The van der Waals surface area contributed by atoms with Crippen LogP contribution >= 0.6 is 0 Å². The Kier molecular flexibility index (Phi) is 5.66. The van der Waals surface area contributed by atoms with E-state index in [1.165, 1.54) is 36.7 Å². The summed E-state index contributed by atoms with van der Waals surface area (Å²) in [5.41, 5.74) is 2.21. The summed E-state index contributed by atoms with van der Waals surface area (Å²) in [4.78, 5) is 4.29. The number of nitrogens with one attached hydrogen (secondary N) is 1. The Bertz CT molecular complexity index is 1030. The normalized spacial score (nSPS) is 12.6. The minimum atomic E-state index is -4.78. The summed E-state index contributed by atoms with van der Waals surface area (Å²) >= 11 is 0. The summed E-state index contributed by atoms with van der Waals surface area (Å²) in [5.74, 6) is -3.56. The number of aryl methyl sites for hydroxylation is 2. The summed E-state index contributed by atoms with van der Waals surface area (Å²) in [6, 6.07) is 5.89. The van der Waals surface area contributed by atoms with Crippen molar-refractivity contribution in [2.75, 3.05) is 5.32 Å². The molecule has 2 aromatic heterocycles. The van der Waals surface area contributed by atoms with Crippen LogP contribution in [0.25, 0.3) is 10.9 Å². The van der Waals surface area contributed by atoms with Crippen molar-refractivity contribution >= 4 is 22.4 Å². The highest BCUT2D eigenvalue weighted by molar-refractivity contribution is 5.92. The lowest BCUT2D eigenvalue weighted by Gasteiger charge is -2.21. The van der Waals surface area contributed by atoms with Crippen LogP contribution in [0.4, 0.5) is 33.5 Å². The molecule has 0 unspecified atom stereocenters. The number of halogens is 5. The Morgan fingerprint density at radius 2 is 1.70 bits per heavy atom. The van der Waals surface area contributed by atoms with Gasteiger partial charge in [-0.15, -0.1) is 13.2 Å². The first kappa shape index (κ1) is 21.9. The van der Waals surface area contributed by atoms with Crippen molar-refractivity contribution in [2.45, 2.75) is 46.5 Å². The zero-order valence-electron chi connectivity index (χ0n) is 16.9. The monoisotopic (exact) mass is 427 g/mol. The molecule has 0 aliphatic heterocycles. The number of hydrogen-bond donors (Lipinski definition) is 1. The first-order chi connectivity index (χ1) is 13.9. The van der Waals surface area contributed by atoms with Crippen molar-refractivity contribution in [2.24, 2.45) is 5.92 Å². The van der Waals surface area contributed by atoms with Gasteiger partial charge in [-0.3, -0.25) is 0 Å². The van der Waals surface area contributed by atoms with Crippen molar-refractivity contribution in [1.82, 2.24) is 9.55 Å². The highest BCUT2D eigenvalue weighted by atomic mass is 19.4. The number of fused-ring (bicyclic) bond motifs is 1. The first-order valence-electron chi connectivity index (χ1n) is 9.33. The lowest BCUT2D eigenvalue weighted by Crippen LogP contribution is -2.29. The Hall–Kier alpha value is -2.84. The average Bonchev–Trinajstić information content (AvgIpc) is 2.99. The van der Waals surface area contributed by atoms with Crippen LogP contribution in [0.2, 0.25) is 0 Å². The summed E-state index contributed by atoms with van der Waals surface area (Å²) in [6.07, 6.45) is -1.70. The molecule has 0 radical (unpaired) electrons. The smallest absolute Gasteiger partial charge is 0.406 e. The van der Waals surface area contributed by atoms with E-state index in [4.69, 9.17) is 0 Å². The van der Waals surface area contributed by atoms with E-state index in [0.717, 1.165) is 0 Å². The van der Waals surface area contributed by atoms with E-state index >= 15 is 0 Å². The molecule has 30 heavy (non-hydrogen) atoms. The van der Waals surface area contributed by atoms with Crippen molar-refractivity contribution in [3.05, 3.63) is 47.8 Å². The van der Waals surface area contributed by atoms with Crippen molar-refractivity contribution < 1.29 is 26.7 Å². The second kappa shape index (κ2) is 7.77. The molecular formula is C21H22F5N3O. The second-order valence-corrected chi connectivity index (χ2v) is 7.56. The summed E-state index contributed by atoms with van der Waals surface area (Å²) in [6.45, 7) is 5.77. The highest BCUT2D eigenvalue weighted by Crippen LogP contribution is 2.34. The topological polar surface area (TPSA) is 39.1 Å². The van der Waals surface area contributed by atoms with E-state index in [2.05, 4.69) is 15.0 Å². The maximum Gasteiger partial charge on any atom is 0.573 e. The van der Waals surface area contributed by atoms with Crippen LogP contribution in [0.1, 0.15) is 25.0 Å². The third-order valence-corrected chi connectivity index (χ3v) is 4.91. The van der Waals surface area contributed by atoms with Crippen LogP contribution in [0, 0.1) is 19.8 Å². The zero-order chi connectivity index (χ0) is 22.3. The van der Waals surface area contributed by atoms with Gasteiger partial charge in [-0.2, -0.15) is 0 Å². The van der Waals surface area contributed by atoms with E-state index in [-0.39, 0.29) is 5.75 Å². The van der Waals surface area contributed by atoms with Gasteiger partial charge in [-0.1, -0.05) is 13.8 Å². The number of benzene rings is 1. The lowest BCUT2D eigenvalue weighted by molar-refractivity contribution is -0.274. The molecule has 1 aromatic carbocycles. The van der Waals surface area contributed by atoms with Crippen LogP contribution in [0.5, 0.6) is 5.75 Å². The highest BCUT2D eigenvalue weighted by Gasteiger charge is 2.34. The molecule has 0 atom stereocenters. The van der Waals surface area contributed by atoms with Crippen LogP contribution in [0.15, 0.2) is 36.7 Å². The maximum absolute atomic E-state index is 14.2. The lowest BCUT2D eigenvalue weighted by atomic mass is 10.1. The van der Waals surface area contributed by atoms with Crippen molar-refractivity contribution in [1.29, 1.82) is 0 Å². The predicted octanol–water partition coefficient (Wildman–Crippen LogP) is 6.59. The van der Waals surface area contributed by atoms with Crippen LogP contribution < -0.4 is 10.1 Å². The SMILES string of the molecule is Cc1cc(OC(F)(F)F)cc(C)c1Nc1nccc2c1ccn2CC(F)(F)C(C)C. The van der Waals surface area contributed by atoms with E-state index in [0.29, 0.717) is 33.5 Å². The van der Waals surface area contributed by atoms with Gasteiger partial charge in [-0.25, -0.2) is 13.8 Å². The largest absolute Gasteiger partial charge is 0.573 e. The minimum Gasteiger partial charge on any atom is -0.406 e. The molecule has 0 fully saturated rings. The maximum atomic E-state index is 14.2. The molecule has 0 amide bonds. The fourth-order valence-corrected chi connectivity index (χ4v) is 3.20. The number of aromatic nitrogens is 2. The van der Waals surface area contributed by atoms with Gasteiger partial charge in [0.15, 0.2) is 0 Å². The Morgan fingerprint density at radius 1 is 1.07 bits per heavy atom. The quantitative estimate of drug-likeness (QED) is 0.451. The molecule has 4 nitrogen and oxygen atoms in total. The third-order valence-electron chi connectivity index (χ3n) is 4.91. The summed E-state index contributed by atoms with van der Waals surface area (Å²) < 4.78 is 71.3. The summed E-state index contributed by atoms with van der Waals surface area (Å²) in [7, 11) is 0. The van der Waals surface area contributed by atoms with E-state index in [9.17, 15) is 22.0 Å². The minimum absolute atomic E-state index is 0.309. The molecule has 0 aliphatic carbocycles. The number of anilines is 2. The molecule has 0 bridgehead atoms. The fourth-order valence-electron chi connectivity index (χ4n) is 3.20. The molecule has 3 aromatic rings. The number of rotatable bonds is 6. The Morgan fingerprint density at radius 3 is 2.27 bits per heavy atom. The molecule has 0 spiro atoms. The Labute approximate surface area is 170 Å². The van der Waals surface area contributed by atoms with Gasteiger partial charge in [0, 0.05) is 29.4 Å². The molecule has 162 valence electrons. The standard InChI is InChI=1S/C21H22F5N3O/c1-12(2)20(22,23)11-29-8-6-16-17(29)5-7-27-19(16)28-18-13(3)9-15(10-14(18)4)30-21(24,25)26/h5-10,12H,11H2,1-4H3,(H,27,28). The fraction of sp³-hybridized carbons (Fsp3) is 0.381. The van der Waals surface area contributed by atoms with Gasteiger partial charge in [0.1, 0.15) is 11.6 Å². The van der Waals surface area contributed by atoms with Gasteiger partial charge in [0.05, 0.1) is 12.1 Å². The van der Waals surface area contributed by atoms with Gasteiger partial charge in [0.25, 0.3) is 5.92 Å². The number of nitrogens with zero attached hydrogens (tertiary/aromatic N) is 2. The van der Waals surface area contributed by atoms with E-state index < -0.39 is 24.7 Å². The molecule has 0 saturated heterocycles. The predicted molar refractivity (Wildman–Crippen MR) is 105 cm³/mol. The number of hydrogen-bond acceptors (Lipinski definition) is 3. The molecule has 0 saturated carbocycles. The van der Waals surface area contributed by atoms with Crippen molar-refractivity contribution in [3.8, 4) is 5.75 Å². The molecule has 9 heteroatoms. The summed E-state index contributed by atoms with van der Waals surface area (Å²) in [5, 5.41) is 3.75. The molecule has 2 heterocycles. The van der Waals surface area contributed by atoms with Crippen molar-refractivity contribution in [3.63, 3.8) is 0 Å². The van der Waals surface area contributed by atoms with E-state index in [1.54, 1.807) is 32.2 Å². The zero-order valence-corrected chi connectivity index (χ0v) is 16.9. The Balaban J connectivity index is 1.94. The van der Waals surface area contributed by atoms with E-state index in [1.807, 2.05) is 0 Å². The molecule has 3 rings (SSSR count). The van der Waals surface area contributed by atoms with Gasteiger partial charge in [0.2, 0.25) is 0 Å². The number of alkyl halides is 5. The first-order valence-corrected chi connectivity index (χ1v) is 9.33. The van der Waals surface area contributed by atoms with Gasteiger partial charge >= 0.3 is 6.36 Å². The molecule has 0 aliphatic rings. The molecular weight excluding hydrogens is 405 g/mol. The third kappa shape index (κ3) is 4.66. The van der Waals surface area contributed by atoms with Gasteiger partial charge in [-0.05, 0) is 49.2 Å². The average molecular weight is 427 g/mol.